The lowest BCUT2D eigenvalue weighted by molar-refractivity contribution is 0.429. The zero-order valence-electron chi connectivity index (χ0n) is 23.0. The van der Waals surface area contributed by atoms with E-state index in [2.05, 4.69) is 112 Å². The van der Waals surface area contributed by atoms with Gasteiger partial charge in [-0.3, -0.25) is 9.98 Å². The Morgan fingerprint density at radius 1 is 0.781 bits per heavy atom. The molecule has 0 aromatic heterocycles. The van der Waals surface area contributed by atoms with Crippen LogP contribution in [0.4, 0.5) is 0 Å². The third-order valence-corrected chi connectivity index (χ3v) is 7.04. The second-order valence-electron chi connectivity index (χ2n) is 10.6. The summed E-state index contributed by atoms with van der Waals surface area (Å²) in [5, 5.41) is 0. The Morgan fingerprint density at radius 2 is 1.28 bits per heavy atom. The topological polar surface area (TPSA) is 24.7 Å². The van der Waals surface area contributed by atoms with Gasteiger partial charge in [0.25, 0.3) is 0 Å². The maximum atomic E-state index is 4.69. The van der Waals surface area contributed by atoms with E-state index in [9.17, 15) is 0 Å². The van der Waals surface area contributed by atoms with E-state index in [1.165, 1.54) is 33.4 Å². The summed E-state index contributed by atoms with van der Waals surface area (Å²) >= 11 is 0. The minimum absolute atomic E-state index is 0.165. The molecular weight excluding hydrogens is 388 g/mol. The van der Waals surface area contributed by atoms with Gasteiger partial charge in [0.05, 0.1) is 11.4 Å². The van der Waals surface area contributed by atoms with Gasteiger partial charge in [-0.05, 0) is 74.7 Å². The summed E-state index contributed by atoms with van der Waals surface area (Å²) in [6.45, 7) is 24.5. The van der Waals surface area contributed by atoms with E-state index in [4.69, 9.17) is 4.99 Å². The Labute approximate surface area is 198 Å². The fourth-order valence-corrected chi connectivity index (χ4v) is 3.46. The van der Waals surface area contributed by atoms with E-state index in [-0.39, 0.29) is 10.8 Å². The standard InChI is InChI=1S/C30H46N2/c1-14-30(10,11)24(6)18-16-21(3)26-22(4)19-25(27(31-12)28(26)32-13)20(2)15-17-23(5)29(7,8)9/h15-19H,14H2,1-13H3/b20-15+,21-16+,23-17+,24-18+,31-27?,32-28?. The Morgan fingerprint density at radius 3 is 1.75 bits per heavy atom. The van der Waals surface area contributed by atoms with E-state index in [1.54, 1.807) is 0 Å². The van der Waals surface area contributed by atoms with Gasteiger partial charge in [-0.25, -0.2) is 0 Å². The molecule has 0 aromatic rings. The number of rotatable bonds is 6. The molecule has 0 saturated carbocycles. The molecule has 0 saturated heterocycles. The van der Waals surface area contributed by atoms with E-state index >= 15 is 0 Å². The maximum Gasteiger partial charge on any atom is 0.0906 e. The third kappa shape index (κ3) is 6.64. The molecule has 0 bridgehead atoms. The smallest absolute Gasteiger partial charge is 0.0906 e. The lowest BCUT2D eigenvalue weighted by atomic mass is 9.81. The monoisotopic (exact) mass is 434 g/mol. The van der Waals surface area contributed by atoms with Crippen LogP contribution in [0.15, 0.2) is 79.4 Å². The molecule has 0 amide bonds. The minimum atomic E-state index is 0.165. The van der Waals surface area contributed by atoms with Gasteiger partial charge in [-0.2, -0.15) is 0 Å². The van der Waals surface area contributed by atoms with Crippen LogP contribution in [0.5, 0.6) is 0 Å². The predicted molar refractivity (Wildman–Crippen MR) is 146 cm³/mol. The average molecular weight is 435 g/mol. The first-order valence-electron chi connectivity index (χ1n) is 11.8. The summed E-state index contributed by atoms with van der Waals surface area (Å²) in [5.41, 5.74) is 11.0. The summed E-state index contributed by atoms with van der Waals surface area (Å²) < 4.78 is 0. The van der Waals surface area contributed by atoms with Gasteiger partial charge >= 0.3 is 0 Å². The molecule has 0 fully saturated rings. The molecule has 0 spiro atoms. The Kier molecular flexibility index (Phi) is 9.63. The van der Waals surface area contributed by atoms with Crippen LogP contribution in [0.1, 0.15) is 82.6 Å². The number of hydrogen-bond acceptors (Lipinski definition) is 2. The molecule has 0 N–H and O–H groups in total. The Balaban J connectivity index is 3.57. The van der Waals surface area contributed by atoms with Crippen LogP contribution in [-0.2, 0) is 0 Å². The first kappa shape index (κ1) is 27.8. The molecule has 1 aliphatic carbocycles. The third-order valence-electron chi connectivity index (χ3n) is 7.04. The Bertz CT molecular complexity index is 959. The van der Waals surface area contributed by atoms with E-state index in [1.807, 2.05) is 14.1 Å². The van der Waals surface area contributed by atoms with E-state index in [0.29, 0.717) is 0 Å². The molecule has 0 atom stereocenters. The molecule has 2 nitrogen and oxygen atoms in total. The molecule has 0 aliphatic heterocycles. The van der Waals surface area contributed by atoms with Crippen molar-refractivity contribution in [1.82, 2.24) is 0 Å². The highest BCUT2D eigenvalue weighted by Gasteiger charge is 2.25. The van der Waals surface area contributed by atoms with Gasteiger partial charge in [0, 0.05) is 25.2 Å². The van der Waals surface area contributed by atoms with Crippen molar-refractivity contribution < 1.29 is 0 Å². The number of aliphatic imine (C=N–C) groups is 2. The number of allylic oxidation sites excluding steroid dienone is 12. The average Bonchev–Trinajstić information content (AvgIpc) is 2.73. The second-order valence-corrected chi connectivity index (χ2v) is 10.6. The summed E-state index contributed by atoms with van der Waals surface area (Å²) in [7, 11) is 3.73. The molecule has 1 rings (SSSR count). The molecule has 2 heteroatoms. The summed E-state index contributed by atoms with van der Waals surface area (Å²) in [6.07, 6.45) is 12.3. The van der Waals surface area contributed by atoms with Crippen LogP contribution < -0.4 is 0 Å². The van der Waals surface area contributed by atoms with Gasteiger partial charge in [0.2, 0.25) is 0 Å². The van der Waals surface area contributed by atoms with Gasteiger partial charge in [0.15, 0.2) is 0 Å². The van der Waals surface area contributed by atoms with Gasteiger partial charge in [0.1, 0.15) is 0 Å². The van der Waals surface area contributed by atoms with Crippen molar-refractivity contribution in [2.75, 3.05) is 14.1 Å². The van der Waals surface area contributed by atoms with Crippen molar-refractivity contribution in [3.63, 3.8) is 0 Å². The zero-order chi connectivity index (χ0) is 24.9. The van der Waals surface area contributed by atoms with Crippen molar-refractivity contribution in [1.29, 1.82) is 0 Å². The quantitative estimate of drug-likeness (QED) is 0.295. The van der Waals surface area contributed by atoms with Crippen LogP contribution in [0, 0.1) is 10.8 Å². The molecule has 0 unspecified atom stereocenters. The molecule has 1 aliphatic rings. The largest absolute Gasteiger partial charge is 0.286 e. The minimum Gasteiger partial charge on any atom is -0.286 e. The SMILES string of the molecule is CCC(C)(C)/C(C)=C/C=C(\C)C1=C(C)C=C(/C(C)=C/C=C(\C)C(C)(C)C)C(=NC)C1=NC. The zero-order valence-corrected chi connectivity index (χ0v) is 23.0. The van der Waals surface area contributed by atoms with Gasteiger partial charge in [-0.15, -0.1) is 0 Å². The summed E-state index contributed by atoms with van der Waals surface area (Å²) in [5.74, 6) is 0. The second kappa shape index (κ2) is 11.1. The highest BCUT2D eigenvalue weighted by atomic mass is 14.8. The van der Waals surface area contributed by atoms with Crippen LogP contribution >= 0.6 is 0 Å². The van der Waals surface area contributed by atoms with Crippen LogP contribution in [0.25, 0.3) is 0 Å². The molecule has 0 heterocycles. The molecule has 0 aromatic carbocycles. The Hall–Kier alpha value is -2.22. The molecule has 32 heavy (non-hydrogen) atoms. The normalized spacial score (nSPS) is 20.5. The summed E-state index contributed by atoms with van der Waals surface area (Å²) in [4.78, 5) is 9.37. The van der Waals surface area contributed by atoms with Crippen molar-refractivity contribution in [2.45, 2.75) is 82.6 Å². The predicted octanol–water partition coefficient (Wildman–Crippen LogP) is 8.65. The van der Waals surface area contributed by atoms with E-state index in [0.717, 1.165) is 23.4 Å². The lowest BCUT2D eigenvalue weighted by Gasteiger charge is -2.25. The van der Waals surface area contributed by atoms with Crippen LogP contribution in [0.2, 0.25) is 0 Å². The fraction of sp³-hybridized carbons (Fsp3) is 0.533. The van der Waals surface area contributed by atoms with Crippen molar-refractivity contribution in [3.05, 3.63) is 69.4 Å². The fourth-order valence-electron chi connectivity index (χ4n) is 3.46. The van der Waals surface area contributed by atoms with Gasteiger partial charge in [-0.1, -0.05) is 77.0 Å². The number of nitrogens with zero attached hydrogens (tertiary/aromatic N) is 2. The highest BCUT2D eigenvalue weighted by molar-refractivity contribution is 6.56. The van der Waals surface area contributed by atoms with Crippen molar-refractivity contribution >= 4 is 11.4 Å². The summed E-state index contributed by atoms with van der Waals surface area (Å²) in [6, 6.07) is 0. The lowest BCUT2D eigenvalue weighted by Crippen LogP contribution is -2.25. The van der Waals surface area contributed by atoms with Gasteiger partial charge < -0.3 is 0 Å². The molecule has 176 valence electrons. The van der Waals surface area contributed by atoms with Crippen molar-refractivity contribution in [2.24, 2.45) is 20.8 Å². The van der Waals surface area contributed by atoms with Crippen molar-refractivity contribution in [3.8, 4) is 0 Å². The molecular formula is C30H46N2. The first-order chi connectivity index (χ1) is 14.7. The van der Waals surface area contributed by atoms with Crippen LogP contribution in [-0.4, -0.2) is 25.5 Å². The highest BCUT2D eigenvalue weighted by Crippen LogP contribution is 2.32. The van der Waals surface area contributed by atoms with E-state index < -0.39 is 0 Å². The maximum absolute atomic E-state index is 4.69. The van der Waals surface area contributed by atoms with Crippen LogP contribution in [0.3, 0.4) is 0 Å². The first-order valence-corrected chi connectivity index (χ1v) is 11.8. The molecule has 0 radical (unpaired) electrons. The number of hydrogen-bond donors (Lipinski definition) is 0.